The average Bonchev–Trinajstić information content (AvgIpc) is 3.23. The van der Waals surface area contributed by atoms with Crippen LogP contribution in [0.4, 0.5) is 10.1 Å². The highest BCUT2D eigenvalue weighted by molar-refractivity contribution is 9.10. The van der Waals surface area contributed by atoms with Crippen molar-refractivity contribution in [2.24, 2.45) is 5.10 Å². The van der Waals surface area contributed by atoms with Crippen molar-refractivity contribution in [3.8, 4) is 5.75 Å². The molecular weight excluding hydrogens is 573 g/mol. The van der Waals surface area contributed by atoms with E-state index >= 15 is 0 Å². The number of halogens is 3. The zero-order chi connectivity index (χ0) is 24.1. The van der Waals surface area contributed by atoms with Gasteiger partial charge in [-0.1, -0.05) is 15.9 Å². The maximum Gasteiger partial charge on any atom is 0.307 e. The van der Waals surface area contributed by atoms with Crippen LogP contribution in [0.25, 0.3) is 11.0 Å². The highest BCUT2D eigenvalue weighted by Gasteiger charge is 2.12. The summed E-state index contributed by atoms with van der Waals surface area (Å²) in [5.41, 5.74) is 4.18. The van der Waals surface area contributed by atoms with Gasteiger partial charge in [0.05, 0.1) is 10.7 Å². The summed E-state index contributed by atoms with van der Waals surface area (Å²) in [6, 6.07) is 17.6. The first-order valence-corrected chi connectivity index (χ1v) is 11.5. The van der Waals surface area contributed by atoms with Gasteiger partial charge in [-0.05, 0) is 88.2 Å². The molecule has 10 heteroatoms. The van der Waals surface area contributed by atoms with Crippen molar-refractivity contribution in [1.29, 1.82) is 0 Å². The molecule has 4 aromatic rings. The minimum atomic E-state index is -0.477. The Bertz CT molecular complexity index is 1390. The van der Waals surface area contributed by atoms with Crippen LogP contribution in [0.2, 0.25) is 0 Å². The zero-order valence-electron chi connectivity index (χ0n) is 17.3. The van der Waals surface area contributed by atoms with Gasteiger partial charge in [0.25, 0.3) is 5.91 Å². The number of carbonyl (C=O) groups excluding carboxylic acids is 2. The van der Waals surface area contributed by atoms with E-state index in [9.17, 15) is 14.0 Å². The van der Waals surface area contributed by atoms with Crippen LogP contribution in [0.3, 0.4) is 0 Å². The Hall–Kier alpha value is -3.50. The monoisotopic (exact) mass is 587 g/mol. The van der Waals surface area contributed by atoms with Crippen LogP contribution in [0.1, 0.15) is 16.1 Å². The summed E-state index contributed by atoms with van der Waals surface area (Å²) in [5, 5.41) is 7.37. The van der Waals surface area contributed by atoms with Gasteiger partial charge >= 0.3 is 5.91 Å². The van der Waals surface area contributed by atoms with Crippen molar-refractivity contribution in [3.05, 3.63) is 92.8 Å². The van der Waals surface area contributed by atoms with Crippen LogP contribution in [0.5, 0.6) is 5.75 Å². The Kier molecular flexibility index (Phi) is 7.39. The van der Waals surface area contributed by atoms with E-state index in [0.717, 1.165) is 9.86 Å². The summed E-state index contributed by atoms with van der Waals surface area (Å²) < 4.78 is 25.5. The molecule has 0 aliphatic rings. The molecule has 0 fully saturated rings. The molecule has 0 unspecified atom stereocenters. The lowest BCUT2D eigenvalue weighted by Gasteiger charge is -2.09. The van der Waals surface area contributed by atoms with E-state index in [1.54, 1.807) is 30.3 Å². The topological polar surface area (TPSA) is 92.9 Å². The lowest BCUT2D eigenvalue weighted by molar-refractivity contribution is -0.118. The number of rotatable bonds is 7. The Labute approximate surface area is 210 Å². The normalized spacial score (nSPS) is 11.0. The van der Waals surface area contributed by atoms with Crippen LogP contribution in [0.15, 0.2) is 85.2 Å². The molecular formula is C24H16Br2FN3O4. The number of furan rings is 1. The van der Waals surface area contributed by atoms with Crippen LogP contribution in [-0.4, -0.2) is 24.6 Å². The second-order valence-corrected chi connectivity index (χ2v) is 8.80. The average molecular weight is 589 g/mol. The molecule has 34 heavy (non-hydrogen) atoms. The largest absolute Gasteiger partial charge is 0.483 e. The van der Waals surface area contributed by atoms with Crippen molar-refractivity contribution < 1.29 is 23.1 Å². The van der Waals surface area contributed by atoms with Crippen molar-refractivity contribution in [2.75, 3.05) is 11.9 Å². The molecule has 0 aliphatic carbocycles. The van der Waals surface area contributed by atoms with Gasteiger partial charge in [-0.25, -0.2) is 9.82 Å². The second kappa shape index (κ2) is 10.6. The first-order chi connectivity index (χ1) is 16.4. The van der Waals surface area contributed by atoms with Crippen molar-refractivity contribution in [3.63, 3.8) is 0 Å². The van der Waals surface area contributed by atoms with Crippen molar-refractivity contribution in [2.45, 2.75) is 0 Å². The van der Waals surface area contributed by atoms with Gasteiger partial charge in [0.15, 0.2) is 12.4 Å². The van der Waals surface area contributed by atoms with E-state index in [2.05, 4.69) is 47.7 Å². The van der Waals surface area contributed by atoms with Crippen molar-refractivity contribution >= 4 is 66.5 Å². The summed E-state index contributed by atoms with van der Waals surface area (Å²) in [6.45, 7) is -0.229. The number of amides is 2. The van der Waals surface area contributed by atoms with Gasteiger partial charge in [-0.15, -0.1) is 0 Å². The number of nitrogens with one attached hydrogen (secondary N) is 2. The molecule has 0 aliphatic heterocycles. The molecule has 7 nitrogen and oxygen atoms in total. The molecule has 0 bridgehead atoms. The summed E-state index contributed by atoms with van der Waals surface area (Å²) in [6.07, 6.45) is 1.47. The summed E-state index contributed by atoms with van der Waals surface area (Å²) >= 11 is 6.77. The van der Waals surface area contributed by atoms with E-state index in [4.69, 9.17) is 9.15 Å². The fraction of sp³-hybridized carbons (Fsp3) is 0.0417. The number of nitrogens with zero attached hydrogens (tertiary/aromatic N) is 1. The SMILES string of the molecule is O=C(COc1ccc(/C=N/NC(=O)c2cc3cc(Br)ccc3o2)cc1Br)Nc1ccc(F)cc1. The van der Waals surface area contributed by atoms with E-state index in [1.807, 2.05) is 12.1 Å². The van der Waals surface area contributed by atoms with Crippen molar-refractivity contribution in [1.82, 2.24) is 5.43 Å². The number of ether oxygens (including phenoxy) is 1. The molecule has 0 spiro atoms. The lowest BCUT2D eigenvalue weighted by Crippen LogP contribution is -2.20. The predicted octanol–water partition coefficient (Wildman–Crippen LogP) is 5.88. The van der Waals surface area contributed by atoms with Gasteiger partial charge in [0.2, 0.25) is 0 Å². The summed E-state index contributed by atoms with van der Waals surface area (Å²) in [4.78, 5) is 24.3. The van der Waals surface area contributed by atoms with E-state index < -0.39 is 5.91 Å². The van der Waals surface area contributed by atoms with Gasteiger partial charge in [-0.3, -0.25) is 9.59 Å². The molecule has 0 saturated heterocycles. The minimum absolute atomic E-state index is 0.147. The molecule has 3 aromatic carbocycles. The third kappa shape index (κ3) is 6.09. The third-order valence-electron chi connectivity index (χ3n) is 4.52. The molecule has 0 saturated carbocycles. The van der Waals surface area contributed by atoms with Gasteiger partial charge in [-0.2, -0.15) is 5.10 Å². The molecule has 1 heterocycles. The predicted molar refractivity (Wildman–Crippen MR) is 134 cm³/mol. The highest BCUT2D eigenvalue weighted by Crippen LogP contribution is 2.26. The standard InChI is InChI=1S/C24H16Br2FN3O4/c25-16-2-8-20-15(10-16)11-22(34-20)24(32)30-28-12-14-1-7-21(19(26)9-14)33-13-23(31)29-18-5-3-17(27)4-6-18/h1-12H,13H2,(H,29,31)(H,30,32)/b28-12+. The fourth-order valence-corrected chi connectivity index (χ4v) is 3.82. The molecule has 2 amide bonds. The van der Waals surface area contributed by atoms with Crippen LogP contribution in [-0.2, 0) is 4.79 Å². The van der Waals surface area contributed by atoms with E-state index in [-0.39, 0.29) is 24.1 Å². The molecule has 172 valence electrons. The number of anilines is 1. The smallest absolute Gasteiger partial charge is 0.307 e. The second-order valence-electron chi connectivity index (χ2n) is 7.03. The zero-order valence-corrected chi connectivity index (χ0v) is 20.5. The number of hydrazone groups is 1. The molecule has 1 aromatic heterocycles. The number of hydrogen-bond donors (Lipinski definition) is 2. The molecule has 0 radical (unpaired) electrons. The highest BCUT2D eigenvalue weighted by atomic mass is 79.9. The van der Waals surface area contributed by atoms with Gasteiger partial charge in [0.1, 0.15) is 17.1 Å². The molecule has 4 rings (SSSR count). The van der Waals surface area contributed by atoms with E-state index in [0.29, 0.717) is 27.1 Å². The maximum absolute atomic E-state index is 12.9. The van der Waals surface area contributed by atoms with E-state index in [1.165, 1.54) is 30.5 Å². The minimum Gasteiger partial charge on any atom is -0.483 e. The van der Waals surface area contributed by atoms with Crippen LogP contribution >= 0.6 is 31.9 Å². The van der Waals surface area contributed by atoms with Gasteiger partial charge in [0, 0.05) is 15.5 Å². The first-order valence-electron chi connectivity index (χ1n) is 9.88. The summed E-state index contributed by atoms with van der Waals surface area (Å²) in [7, 11) is 0. The fourth-order valence-electron chi connectivity index (χ4n) is 2.93. The Balaban J connectivity index is 1.30. The number of carbonyl (C=O) groups is 2. The number of hydrogen-bond acceptors (Lipinski definition) is 5. The molecule has 2 N–H and O–H groups in total. The Morgan fingerprint density at radius 3 is 2.59 bits per heavy atom. The molecule has 0 atom stereocenters. The van der Waals surface area contributed by atoms with Crippen LogP contribution in [0, 0.1) is 5.82 Å². The quantitative estimate of drug-likeness (QED) is 0.208. The van der Waals surface area contributed by atoms with Gasteiger partial charge < -0.3 is 14.5 Å². The Morgan fingerprint density at radius 1 is 1.03 bits per heavy atom. The van der Waals surface area contributed by atoms with Crippen LogP contribution < -0.4 is 15.5 Å². The Morgan fingerprint density at radius 2 is 1.82 bits per heavy atom. The first kappa shape index (κ1) is 23.7. The lowest BCUT2D eigenvalue weighted by atomic mass is 10.2. The third-order valence-corrected chi connectivity index (χ3v) is 5.64. The number of fused-ring (bicyclic) bond motifs is 1. The number of benzene rings is 3. The summed E-state index contributed by atoms with van der Waals surface area (Å²) in [5.74, 6) is -0.651. The maximum atomic E-state index is 12.9.